The lowest BCUT2D eigenvalue weighted by atomic mass is 10.3. The Kier molecular flexibility index (Phi) is 4.54. The SMILES string of the molecule is O=S(=O)(Cl)Cl.S=c1[nH]c2ccccc2s1. The molecule has 0 spiro atoms. The number of fused-ring (bicyclic) bond motifs is 1. The summed E-state index contributed by atoms with van der Waals surface area (Å²) in [7, 11) is 4.81. The van der Waals surface area contributed by atoms with Gasteiger partial charge in [-0.1, -0.05) is 12.1 Å². The molecule has 0 aliphatic rings. The summed E-state index contributed by atoms with van der Waals surface area (Å²) in [6.45, 7) is 0. The van der Waals surface area contributed by atoms with Gasteiger partial charge in [-0.3, -0.25) is 0 Å². The number of hydrogen-bond donors (Lipinski definition) is 1. The number of H-pyrrole nitrogens is 1. The van der Waals surface area contributed by atoms with Crippen molar-refractivity contribution in [3.05, 3.63) is 28.2 Å². The Labute approximate surface area is 105 Å². The van der Waals surface area contributed by atoms with Crippen LogP contribution >= 0.6 is 44.9 Å². The minimum atomic E-state index is -3.72. The highest BCUT2D eigenvalue weighted by Gasteiger charge is 1.91. The van der Waals surface area contributed by atoms with Gasteiger partial charge in [0.2, 0.25) is 0 Å². The predicted molar refractivity (Wildman–Crippen MR) is 67.6 cm³/mol. The molecule has 0 bridgehead atoms. The van der Waals surface area contributed by atoms with E-state index in [0.29, 0.717) is 0 Å². The van der Waals surface area contributed by atoms with E-state index in [1.807, 2.05) is 18.2 Å². The molecule has 82 valence electrons. The van der Waals surface area contributed by atoms with Gasteiger partial charge in [0.05, 0.1) is 10.2 Å². The van der Waals surface area contributed by atoms with Crippen molar-refractivity contribution in [1.82, 2.24) is 4.98 Å². The number of para-hydroxylation sites is 1. The van der Waals surface area contributed by atoms with E-state index in [4.69, 9.17) is 20.6 Å². The molecule has 1 aromatic carbocycles. The monoisotopic (exact) mass is 301 g/mol. The minimum absolute atomic E-state index is 0.848. The third-order valence-corrected chi connectivity index (χ3v) is 2.54. The van der Waals surface area contributed by atoms with Crippen molar-refractivity contribution in [1.29, 1.82) is 0 Å². The minimum Gasteiger partial charge on any atom is -0.337 e. The highest BCUT2D eigenvalue weighted by Crippen LogP contribution is 2.17. The number of halogens is 2. The summed E-state index contributed by atoms with van der Waals surface area (Å²) in [4.78, 5) is 3.09. The second-order valence-electron chi connectivity index (χ2n) is 2.39. The number of nitrogens with one attached hydrogen (secondary N) is 1. The van der Waals surface area contributed by atoms with Crippen LogP contribution in [0.1, 0.15) is 0 Å². The second kappa shape index (κ2) is 5.27. The summed E-state index contributed by atoms with van der Waals surface area (Å²) in [5.74, 6) is 0. The molecule has 3 nitrogen and oxygen atoms in total. The molecule has 1 heterocycles. The van der Waals surface area contributed by atoms with Crippen molar-refractivity contribution in [2.45, 2.75) is 0 Å². The first kappa shape index (κ1) is 12.9. The maximum atomic E-state index is 9.16. The zero-order chi connectivity index (χ0) is 11.5. The molecule has 0 amide bonds. The molecule has 0 saturated carbocycles. The number of aromatic amines is 1. The van der Waals surface area contributed by atoms with Crippen molar-refractivity contribution in [3.63, 3.8) is 0 Å². The fourth-order valence-corrected chi connectivity index (χ4v) is 2.01. The van der Waals surface area contributed by atoms with Crippen LogP contribution in [0.3, 0.4) is 0 Å². The Balaban J connectivity index is 0.000000195. The summed E-state index contributed by atoms with van der Waals surface area (Å²) in [5, 5.41) is 0. The van der Waals surface area contributed by atoms with Crippen LogP contribution in [-0.4, -0.2) is 13.4 Å². The molecule has 15 heavy (non-hydrogen) atoms. The normalized spacial score (nSPS) is 10.8. The standard InChI is InChI=1S/C7H5NS2.Cl2O2S/c9-7-8-5-3-1-2-4-6(5)10-7;1-5(2,3)4/h1-4H,(H,8,9);. The maximum absolute atomic E-state index is 9.16. The molecule has 0 aliphatic heterocycles. The Hall–Kier alpha value is -0.140. The smallest absolute Gasteiger partial charge is 0.317 e. The van der Waals surface area contributed by atoms with Gasteiger partial charge in [0.25, 0.3) is 0 Å². The van der Waals surface area contributed by atoms with Crippen molar-refractivity contribution in [2.24, 2.45) is 0 Å². The van der Waals surface area contributed by atoms with Crippen molar-refractivity contribution >= 4 is 63.4 Å². The molecule has 2 rings (SSSR count). The van der Waals surface area contributed by atoms with Crippen LogP contribution in [-0.2, 0) is 8.26 Å². The van der Waals surface area contributed by atoms with Crippen LogP contribution in [0, 0.1) is 3.95 Å². The third-order valence-electron chi connectivity index (χ3n) is 1.33. The first-order valence-electron chi connectivity index (χ1n) is 3.58. The zero-order valence-electron chi connectivity index (χ0n) is 7.11. The highest BCUT2D eigenvalue weighted by molar-refractivity contribution is 8.31. The fourth-order valence-electron chi connectivity index (χ4n) is 0.894. The number of rotatable bonds is 0. The average molecular weight is 302 g/mol. The molecule has 0 radical (unpaired) electrons. The Morgan fingerprint density at radius 2 is 1.80 bits per heavy atom. The van der Waals surface area contributed by atoms with Crippen molar-refractivity contribution < 1.29 is 8.42 Å². The second-order valence-corrected chi connectivity index (χ2v) is 7.78. The van der Waals surface area contributed by atoms with Crippen LogP contribution in [0.5, 0.6) is 0 Å². The Morgan fingerprint density at radius 3 is 2.33 bits per heavy atom. The van der Waals surface area contributed by atoms with E-state index in [0.717, 1.165) is 9.47 Å². The van der Waals surface area contributed by atoms with Crippen LogP contribution in [0.2, 0.25) is 0 Å². The lowest BCUT2D eigenvalue weighted by molar-refractivity contribution is 0.621. The summed E-state index contributed by atoms with van der Waals surface area (Å²) >= 11 is 6.59. The molecular weight excluding hydrogens is 297 g/mol. The molecule has 2 aromatic rings. The predicted octanol–water partition coefficient (Wildman–Crippen LogP) is 3.67. The van der Waals surface area contributed by atoms with E-state index in [1.165, 1.54) is 4.70 Å². The molecule has 0 saturated heterocycles. The highest BCUT2D eigenvalue weighted by atomic mass is 36.0. The van der Waals surface area contributed by atoms with Gasteiger partial charge in [-0.15, -0.1) is 11.3 Å². The van der Waals surface area contributed by atoms with Crippen LogP contribution in [0.25, 0.3) is 10.2 Å². The van der Waals surface area contributed by atoms with Crippen LogP contribution in [0.4, 0.5) is 0 Å². The van der Waals surface area contributed by atoms with Crippen LogP contribution < -0.4 is 0 Å². The first-order chi connectivity index (χ1) is 6.86. The van der Waals surface area contributed by atoms with E-state index in [9.17, 15) is 0 Å². The molecule has 1 aromatic heterocycles. The van der Waals surface area contributed by atoms with E-state index in [-0.39, 0.29) is 0 Å². The zero-order valence-corrected chi connectivity index (χ0v) is 11.1. The molecule has 0 aliphatic carbocycles. The molecule has 1 N–H and O–H groups in total. The molecular formula is C7H5Cl2NO2S3. The summed E-state index contributed by atoms with van der Waals surface area (Å²) in [6.07, 6.45) is 0. The number of aromatic nitrogens is 1. The van der Waals surface area contributed by atoms with Gasteiger partial charge in [-0.05, 0) is 24.4 Å². The molecule has 0 fully saturated rings. The van der Waals surface area contributed by atoms with Gasteiger partial charge in [0.15, 0.2) is 3.95 Å². The molecule has 8 heteroatoms. The van der Waals surface area contributed by atoms with Crippen LogP contribution in [0.15, 0.2) is 24.3 Å². The summed E-state index contributed by atoms with van der Waals surface area (Å²) < 4.78 is 20.4. The van der Waals surface area contributed by atoms with Crippen molar-refractivity contribution in [3.8, 4) is 0 Å². The molecule has 0 unspecified atom stereocenters. The van der Waals surface area contributed by atoms with E-state index < -0.39 is 8.26 Å². The van der Waals surface area contributed by atoms with E-state index in [1.54, 1.807) is 11.3 Å². The van der Waals surface area contributed by atoms with Gasteiger partial charge in [-0.25, -0.2) is 0 Å². The van der Waals surface area contributed by atoms with E-state index >= 15 is 0 Å². The van der Waals surface area contributed by atoms with Gasteiger partial charge in [0, 0.05) is 21.4 Å². The van der Waals surface area contributed by atoms with E-state index in [2.05, 4.69) is 32.4 Å². The summed E-state index contributed by atoms with van der Waals surface area (Å²) in [6, 6.07) is 8.11. The largest absolute Gasteiger partial charge is 0.337 e. The van der Waals surface area contributed by atoms with Gasteiger partial charge < -0.3 is 4.98 Å². The maximum Gasteiger partial charge on any atom is 0.317 e. The van der Waals surface area contributed by atoms with Crippen molar-refractivity contribution in [2.75, 3.05) is 0 Å². The van der Waals surface area contributed by atoms with Gasteiger partial charge >= 0.3 is 8.26 Å². The third kappa shape index (κ3) is 5.48. The quantitative estimate of drug-likeness (QED) is 0.597. The number of hydrogen-bond acceptors (Lipinski definition) is 4. The lowest BCUT2D eigenvalue weighted by Gasteiger charge is -1.81. The average Bonchev–Trinajstić information content (AvgIpc) is 2.40. The topological polar surface area (TPSA) is 49.9 Å². The fraction of sp³-hybridized carbons (Fsp3) is 0. The lowest BCUT2D eigenvalue weighted by Crippen LogP contribution is -1.63. The Bertz CT molecular complexity index is 558. The number of thiazole rings is 1. The van der Waals surface area contributed by atoms with Gasteiger partial charge in [0.1, 0.15) is 0 Å². The Morgan fingerprint density at radius 1 is 1.27 bits per heavy atom. The van der Waals surface area contributed by atoms with Gasteiger partial charge in [-0.2, -0.15) is 8.42 Å². The number of benzene rings is 1. The molecule has 0 atom stereocenters. The first-order valence-corrected chi connectivity index (χ1v) is 7.94. The summed E-state index contributed by atoms with van der Waals surface area (Å²) in [5.41, 5.74) is 1.14.